The molecule has 0 N–H and O–H groups in total. The first-order valence-corrected chi connectivity index (χ1v) is 35.8. The quantitative estimate of drug-likeness (QED) is 0.0998. The van der Waals surface area contributed by atoms with Crippen molar-refractivity contribution in [3.8, 4) is 22.3 Å². The van der Waals surface area contributed by atoms with Gasteiger partial charge < -0.3 is 9.80 Å². The molecule has 17 rings (SSSR count). The molecule has 0 fully saturated rings. The van der Waals surface area contributed by atoms with Crippen molar-refractivity contribution >= 4 is 133 Å². The van der Waals surface area contributed by atoms with E-state index in [-0.39, 0.29) is 10.8 Å². The molecular formula is C96H78N8. The van der Waals surface area contributed by atoms with Crippen LogP contribution in [0.4, 0.5) is 68.8 Å². The Bertz CT molecular complexity index is 5540. The van der Waals surface area contributed by atoms with E-state index in [1.165, 1.54) is 22.3 Å². The molecule has 4 heterocycles. The molecule has 0 saturated heterocycles. The summed E-state index contributed by atoms with van der Waals surface area (Å²) in [6.45, 7) is 17.9. The number of aromatic nitrogens is 4. The van der Waals surface area contributed by atoms with Crippen LogP contribution in [0.3, 0.4) is 0 Å². The smallest absolute Gasteiger partial charge is 0.139 e. The van der Waals surface area contributed by atoms with Crippen molar-refractivity contribution in [1.29, 1.82) is 0 Å². The van der Waals surface area contributed by atoms with Crippen LogP contribution in [0.1, 0.15) is 63.8 Å². The van der Waals surface area contributed by atoms with E-state index in [0.717, 1.165) is 156 Å². The van der Waals surface area contributed by atoms with Crippen LogP contribution in [0, 0.1) is 13.8 Å². The number of anilines is 12. The van der Waals surface area contributed by atoms with Gasteiger partial charge in [-0.3, -0.25) is 9.80 Å². The Hall–Kier alpha value is -12.8. The van der Waals surface area contributed by atoms with Crippen molar-refractivity contribution in [3.05, 3.63) is 350 Å². The zero-order chi connectivity index (χ0) is 70.8. The first-order chi connectivity index (χ1) is 50.6. The zero-order valence-electron chi connectivity index (χ0n) is 59.8. The Morgan fingerprint density at radius 3 is 0.731 bits per heavy atom. The number of aryl methyl sites for hydroxylation is 2. The molecule has 0 aliphatic rings. The van der Waals surface area contributed by atoms with E-state index >= 15 is 0 Å². The highest BCUT2D eigenvalue weighted by atomic mass is 15.2. The predicted molar refractivity (Wildman–Crippen MR) is 439 cm³/mol. The summed E-state index contributed by atoms with van der Waals surface area (Å²) >= 11 is 0. The zero-order valence-corrected chi connectivity index (χ0v) is 59.8. The molecule has 0 amide bonds. The Balaban J connectivity index is 0.941. The molecule has 8 heteroatoms. The number of pyridine rings is 4. The van der Waals surface area contributed by atoms with Crippen molar-refractivity contribution in [2.45, 2.75) is 66.2 Å². The lowest BCUT2D eigenvalue weighted by molar-refractivity contribution is 0.590. The van der Waals surface area contributed by atoms with Crippen LogP contribution in [-0.4, -0.2) is 19.9 Å². The van der Waals surface area contributed by atoms with E-state index < -0.39 is 0 Å². The van der Waals surface area contributed by atoms with Gasteiger partial charge >= 0.3 is 0 Å². The van der Waals surface area contributed by atoms with Crippen LogP contribution in [0.2, 0.25) is 0 Å². The number of rotatable bonds is 14. The number of hydrogen-bond donors (Lipinski definition) is 0. The van der Waals surface area contributed by atoms with E-state index in [0.29, 0.717) is 0 Å². The third-order valence-corrected chi connectivity index (χ3v) is 20.4. The maximum absolute atomic E-state index is 5.27. The molecule has 13 aromatic carbocycles. The Morgan fingerprint density at radius 2 is 0.462 bits per heavy atom. The van der Waals surface area contributed by atoms with Crippen LogP contribution in [0.25, 0.3) is 86.9 Å². The maximum atomic E-state index is 5.27. The molecule has 0 unspecified atom stereocenters. The first-order valence-electron chi connectivity index (χ1n) is 35.8. The Morgan fingerprint density at radius 1 is 0.221 bits per heavy atom. The van der Waals surface area contributed by atoms with Gasteiger partial charge in [0.1, 0.15) is 23.3 Å². The predicted octanol–water partition coefficient (Wildman–Crippen LogP) is 26.6. The molecule has 0 bridgehead atoms. The fourth-order valence-corrected chi connectivity index (χ4v) is 14.7. The second kappa shape index (κ2) is 26.3. The summed E-state index contributed by atoms with van der Waals surface area (Å²) in [7, 11) is 0. The summed E-state index contributed by atoms with van der Waals surface area (Å²) in [5.74, 6) is 3.00. The summed E-state index contributed by atoms with van der Waals surface area (Å²) in [5.41, 5.74) is 17.4. The minimum Gasteiger partial charge on any atom is -0.311 e. The number of hydrogen-bond acceptors (Lipinski definition) is 8. The fraction of sp³-hybridized carbons (Fsp3) is 0.104. The van der Waals surface area contributed by atoms with E-state index in [2.05, 4.69) is 378 Å². The molecule has 104 heavy (non-hydrogen) atoms. The number of benzene rings is 13. The highest BCUT2D eigenvalue weighted by molar-refractivity contribution is 6.23. The van der Waals surface area contributed by atoms with Crippen molar-refractivity contribution in [3.63, 3.8) is 0 Å². The molecule has 502 valence electrons. The van der Waals surface area contributed by atoms with E-state index in [9.17, 15) is 0 Å². The van der Waals surface area contributed by atoms with Gasteiger partial charge in [0.15, 0.2) is 0 Å². The third-order valence-electron chi connectivity index (χ3n) is 20.4. The summed E-state index contributed by atoms with van der Waals surface area (Å²) in [6, 6.07) is 111. The van der Waals surface area contributed by atoms with Gasteiger partial charge in [-0.2, -0.15) is 0 Å². The van der Waals surface area contributed by atoms with Gasteiger partial charge in [0.05, 0.1) is 0 Å². The van der Waals surface area contributed by atoms with Gasteiger partial charge in [0, 0.05) is 91.8 Å². The highest BCUT2D eigenvalue weighted by Gasteiger charge is 2.27. The van der Waals surface area contributed by atoms with Crippen LogP contribution < -0.4 is 19.6 Å². The fourth-order valence-electron chi connectivity index (χ4n) is 14.7. The molecule has 0 aliphatic carbocycles. The third kappa shape index (κ3) is 12.3. The second-order valence-corrected chi connectivity index (χ2v) is 29.5. The van der Waals surface area contributed by atoms with Crippen molar-refractivity contribution in [2.24, 2.45) is 0 Å². The number of fused-ring (bicyclic) bond motifs is 6. The van der Waals surface area contributed by atoms with Gasteiger partial charge in [-0.05, 0) is 222 Å². The minimum atomic E-state index is -0.00371. The Labute approximate surface area is 608 Å². The molecule has 0 saturated carbocycles. The molecule has 17 aromatic rings. The van der Waals surface area contributed by atoms with Crippen molar-refractivity contribution in [2.75, 3.05) is 19.6 Å². The van der Waals surface area contributed by atoms with Crippen molar-refractivity contribution in [1.82, 2.24) is 19.9 Å². The lowest BCUT2D eigenvalue weighted by Gasteiger charge is -2.28. The van der Waals surface area contributed by atoms with E-state index in [1.807, 2.05) is 24.8 Å². The number of nitrogens with zero attached hydrogens (tertiary/aromatic N) is 8. The first kappa shape index (κ1) is 64.6. The highest BCUT2D eigenvalue weighted by Crippen LogP contribution is 2.50. The summed E-state index contributed by atoms with van der Waals surface area (Å²) in [5, 5.41) is 12.8. The molecular weight excluding hydrogens is 1270 g/mol. The topological polar surface area (TPSA) is 64.5 Å². The monoisotopic (exact) mass is 1340 g/mol. The molecule has 0 spiro atoms. The van der Waals surface area contributed by atoms with Crippen LogP contribution in [0.5, 0.6) is 0 Å². The van der Waals surface area contributed by atoms with Gasteiger partial charge in [-0.1, -0.05) is 235 Å². The maximum Gasteiger partial charge on any atom is 0.139 e. The SMILES string of the molecule is Cc1ccc(N(c2ccc(-c3c4ccc(N(c5cc6ccccc6cn5)c5cc6ccccc6cn5)cc4c(-c4ccc(N(c5ccc(C)cc5)c5ccc(C(C)(C)C)cc5)cc4)c4ccc(N(c5cc6ccccc6cn5)c5cc6ccccc6cn5)cc34)cc2)c2ccc(C(C)(C)C)cc2)cc1. The summed E-state index contributed by atoms with van der Waals surface area (Å²) in [6.07, 6.45) is 7.90. The standard InChI is InChI=1S/C96H78N8/c1-63-25-37-77(38-26-63)101(81-45-33-75(34-46-81)95(3,4)5)79-41-29-65(30-42-79)93-85-51-49-84(104(91-55-69-19-11-15-23-73(69)61-99-91)92-56-70-20-12-16-24-74(70)62-100-92)58-88(85)94(66-31-43-80(44-32-66)102(78-39-27-64(2)28-40-78)82-47-35-76(36-48-82)96(6,7)8)86-52-50-83(57-87(86)93)103(89-53-67-17-9-13-21-71(67)59-97-89)90-54-68-18-10-14-22-72(68)60-98-90/h9-62H,1-8H3. The van der Waals surface area contributed by atoms with Crippen LogP contribution >= 0.6 is 0 Å². The average Bonchev–Trinajstić information content (AvgIpc) is 0.719. The molecule has 0 atom stereocenters. The minimum absolute atomic E-state index is 0.00371. The van der Waals surface area contributed by atoms with E-state index in [1.54, 1.807) is 0 Å². The molecule has 4 aromatic heterocycles. The molecule has 0 radical (unpaired) electrons. The van der Waals surface area contributed by atoms with Gasteiger partial charge in [-0.25, -0.2) is 19.9 Å². The second-order valence-electron chi connectivity index (χ2n) is 29.5. The lowest BCUT2D eigenvalue weighted by atomic mass is 9.85. The summed E-state index contributed by atoms with van der Waals surface area (Å²) in [4.78, 5) is 30.3. The van der Waals surface area contributed by atoms with E-state index in [4.69, 9.17) is 19.9 Å². The normalized spacial score (nSPS) is 11.8. The largest absolute Gasteiger partial charge is 0.311 e. The van der Waals surface area contributed by atoms with Crippen LogP contribution in [-0.2, 0) is 10.8 Å². The average molecular weight is 1340 g/mol. The summed E-state index contributed by atoms with van der Waals surface area (Å²) < 4.78 is 0. The molecule has 8 nitrogen and oxygen atoms in total. The van der Waals surface area contributed by atoms with Crippen LogP contribution in [0.15, 0.2) is 328 Å². The molecule has 0 aliphatic heterocycles. The van der Waals surface area contributed by atoms with Gasteiger partial charge in [0.2, 0.25) is 0 Å². The Kier molecular flexibility index (Phi) is 16.3. The van der Waals surface area contributed by atoms with Gasteiger partial charge in [-0.15, -0.1) is 0 Å². The van der Waals surface area contributed by atoms with Gasteiger partial charge in [0.25, 0.3) is 0 Å². The lowest BCUT2D eigenvalue weighted by Crippen LogP contribution is -2.13. The van der Waals surface area contributed by atoms with Crippen molar-refractivity contribution < 1.29 is 0 Å².